The van der Waals surface area contributed by atoms with Crippen molar-refractivity contribution in [2.24, 2.45) is 0 Å². The van der Waals surface area contributed by atoms with Crippen molar-refractivity contribution in [2.75, 3.05) is 37.6 Å². The normalized spacial score (nSPS) is 16.6. The van der Waals surface area contributed by atoms with Gasteiger partial charge >= 0.3 is 0 Å². The van der Waals surface area contributed by atoms with Crippen molar-refractivity contribution in [2.45, 2.75) is 38.9 Å². The van der Waals surface area contributed by atoms with Gasteiger partial charge in [-0.3, -0.25) is 0 Å². The summed E-state index contributed by atoms with van der Waals surface area (Å²) in [5.41, 5.74) is 1.87. The van der Waals surface area contributed by atoms with Gasteiger partial charge in [0.25, 0.3) is 0 Å². The zero-order chi connectivity index (χ0) is 22.0. The quantitative estimate of drug-likeness (QED) is 0.626. The Kier molecular flexibility index (Phi) is 6.28. The molecule has 2 N–H and O–H groups in total. The summed E-state index contributed by atoms with van der Waals surface area (Å²) < 4.78 is 0. The van der Waals surface area contributed by atoms with Gasteiger partial charge in [-0.2, -0.15) is 0 Å². The van der Waals surface area contributed by atoms with Crippen LogP contribution < -0.4 is 4.90 Å². The molecule has 0 saturated carbocycles. The smallest absolute Gasteiger partial charge is 0.137 e. The molecule has 1 saturated heterocycles. The standard InChI is InChI=1S/C26H33N3O2/c1-4-28-13-15-29(16-14-28)25-22-8-6-5-7-21(22)17-23(27-25)19-9-11-20(12-10-19)24(30)18-26(2,3)31/h5-12,17,24,30-31H,4,13-16,18H2,1-3H3. The second-order valence-corrected chi connectivity index (χ2v) is 9.13. The molecule has 0 bridgehead atoms. The highest BCUT2D eigenvalue weighted by molar-refractivity contribution is 5.95. The van der Waals surface area contributed by atoms with E-state index in [9.17, 15) is 10.2 Å². The van der Waals surface area contributed by atoms with Crippen LogP contribution in [0.1, 0.15) is 38.9 Å². The third-order valence-corrected chi connectivity index (χ3v) is 6.12. The second-order valence-electron chi connectivity index (χ2n) is 9.13. The summed E-state index contributed by atoms with van der Waals surface area (Å²) in [6.45, 7) is 10.8. The summed E-state index contributed by atoms with van der Waals surface area (Å²) in [4.78, 5) is 9.96. The first-order valence-corrected chi connectivity index (χ1v) is 11.2. The van der Waals surface area contributed by atoms with Crippen LogP contribution in [0.3, 0.4) is 0 Å². The van der Waals surface area contributed by atoms with Crippen molar-refractivity contribution in [1.82, 2.24) is 9.88 Å². The Hall–Kier alpha value is -2.47. The van der Waals surface area contributed by atoms with Gasteiger partial charge in [0.1, 0.15) is 5.82 Å². The molecule has 1 aliphatic rings. The zero-order valence-corrected chi connectivity index (χ0v) is 18.8. The number of rotatable bonds is 6. The van der Waals surface area contributed by atoms with Crippen molar-refractivity contribution in [3.63, 3.8) is 0 Å². The third-order valence-electron chi connectivity index (χ3n) is 6.12. The highest BCUT2D eigenvalue weighted by Gasteiger charge is 2.21. The molecule has 1 aromatic heterocycles. The number of piperazine rings is 1. The van der Waals surface area contributed by atoms with E-state index in [1.54, 1.807) is 13.8 Å². The summed E-state index contributed by atoms with van der Waals surface area (Å²) >= 11 is 0. The van der Waals surface area contributed by atoms with Crippen LogP contribution in [0.5, 0.6) is 0 Å². The maximum Gasteiger partial charge on any atom is 0.137 e. The van der Waals surface area contributed by atoms with E-state index in [4.69, 9.17) is 4.98 Å². The fourth-order valence-corrected chi connectivity index (χ4v) is 4.31. The van der Waals surface area contributed by atoms with E-state index < -0.39 is 11.7 Å². The summed E-state index contributed by atoms with van der Waals surface area (Å²) in [5.74, 6) is 1.05. The zero-order valence-electron chi connectivity index (χ0n) is 18.8. The Bertz CT molecular complexity index is 1020. The molecule has 0 radical (unpaired) electrons. The van der Waals surface area contributed by atoms with Crippen molar-refractivity contribution in [1.29, 1.82) is 0 Å². The highest BCUT2D eigenvalue weighted by Crippen LogP contribution is 2.32. The number of benzene rings is 2. The first kappa shape index (κ1) is 21.8. The van der Waals surface area contributed by atoms with E-state index in [-0.39, 0.29) is 0 Å². The molecule has 164 valence electrons. The lowest BCUT2D eigenvalue weighted by Crippen LogP contribution is -2.46. The van der Waals surface area contributed by atoms with Crippen LogP contribution >= 0.6 is 0 Å². The van der Waals surface area contributed by atoms with Crippen molar-refractivity contribution in [3.05, 3.63) is 60.2 Å². The summed E-state index contributed by atoms with van der Waals surface area (Å²) in [6, 6.07) is 18.5. The number of aromatic nitrogens is 1. The Morgan fingerprint density at radius 3 is 2.32 bits per heavy atom. The van der Waals surface area contributed by atoms with Crippen molar-refractivity contribution < 1.29 is 10.2 Å². The fourth-order valence-electron chi connectivity index (χ4n) is 4.31. The van der Waals surface area contributed by atoms with Crippen LogP contribution in [0.4, 0.5) is 5.82 Å². The fraction of sp³-hybridized carbons (Fsp3) is 0.423. The number of hydrogen-bond donors (Lipinski definition) is 2. The van der Waals surface area contributed by atoms with Gasteiger partial charge in [-0.15, -0.1) is 0 Å². The van der Waals surface area contributed by atoms with Crippen LogP contribution in [0.15, 0.2) is 54.6 Å². The molecular formula is C26H33N3O2. The number of likely N-dealkylation sites (N-methyl/N-ethyl adjacent to an activating group) is 1. The van der Waals surface area contributed by atoms with Gasteiger partial charge < -0.3 is 20.0 Å². The maximum atomic E-state index is 10.4. The van der Waals surface area contributed by atoms with Gasteiger partial charge in [0.05, 0.1) is 17.4 Å². The molecule has 3 aromatic rings. The lowest BCUT2D eigenvalue weighted by Gasteiger charge is -2.35. The van der Waals surface area contributed by atoms with Crippen LogP contribution in [0, 0.1) is 0 Å². The Morgan fingerprint density at radius 2 is 1.68 bits per heavy atom. The van der Waals surface area contributed by atoms with Crippen LogP contribution in [0.2, 0.25) is 0 Å². The van der Waals surface area contributed by atoms with E-state index in [0.29, 0.717) is 6.42 Å². The second kappa shape index (κ2) is 8.95. The molecule has 2 heterocycles. The maximum absolute atomic E-state index is 10.4. The average Bonchev–Trinajstić information content (AvgIpc) is 2.77. The van der Waals surface area contributed by atoms with E-state index in [1.165, 1.54) is 10.8 Å². The molecule has 1 atom stereocenters. The van der Waals surface area contributed by atoms with Gasteiger partial charge in [0.2, 0.25) is 0 Å². The largest absolute Gasteiger partial charge is 0.390 e. The minimum absolute atomic E-state index is 0.300. The number of nitrogens with zero attached hydrogens (tertiary/aromatic N) is 3. The van der Waals surface area contributed by atoms with Gasteiger partial charge in [-0.05, 0) is 37.4 Å². The van der Waals surface area contributed by atoms with Crippen LogP contribution in [-0.2, 0) is 0 Å². The number of fused-ring (bicyclic) bond motifs is 1. The van der Waals surface area contributed by atoms with Crippen molar-refractivity contribution >= 4 is 16.6 Å². The van der Waals surface area contributed by atoms with Gasteiger partial charge in [0, 0.05) is 43.5 Å². The molecular weight excluding hydrogens is 386 g/mol. The SMILES string of the molecule is CCN1CCN(c2nc(-c3ccc(C(O)CC(C)(C)O)cc3)cc3ccccc23)CC1. The van der Waals surface area contributed by atoms with E-state index in [2.05, 4.69) is 47.1 Å². The molecule has 0 aliphatic carbocycles. The Morgan fingerprint density at radius 1 is 1.00 bits per heavy atom. The number of aliphatic hydroxyl groups is 2. The molecule has 0 amide bonds. The van der Waals surface area contributed by atoms with Gasteiger partial charge in [-0.1, -0.05) is 55.5 Å². The predicted octanol–water partition coefficient (Wildman–Crippen LogP) is 4.24. The predicted molar refractivity (Wildman–Crippen MR) is 127 cm³/mol. The minimum Gasteiger partial charge on any atom is -0.390 e. The van der Waals surface area contributed by atoms with E-state index >= 15 is 0 Å². The summed E-state index contributed by atoms with van der Waals surface area (Å²) in [6.07, 6.45) is -0.391. The van der Waals surface area contributed by atoms with Gasteiger partial charge in [-0.25, -0.2) is 4.98 Å². The molecule has 1 unspecified atom stereocenters. The number of hydrogen-bond acceptors (Lipinski definition) is 5. The first-order valence-electron chi connectivity index (χ1n) is 11.2. The molecule has 1 aliphatic heterocycles. The van der Waals surface area contributed by atoms with E-state index in [0.717, 1.165) is 55.4 Å². The number of anilines is 1. The Labute approximate surface area is 185 Å². The van der Waals surface area contributed by atoms with Crippen molar-refractivity contribution in [3.8, 4) is 11.3 Å². The molecule has 31 heavy (non-hydrogen) atoms. The molecule has 5 nitrogen and oxygen atoms in total. The Balaban J connectivity index is 1.65. The highest BCUT2D eigenvalue weighted by atomic mass is 16.3. The molecule has 4 rings (SSSR count). The minimum atomic E-state index is -0.908. The molecule has 1 fully saturated rings. The lowest BCUT2D eigenvalue weighted by atomic mass is 9.95. The monoisotopic (exact) mass is 419 g/mol. The first-order chi connectivity index (χ1) is 14.8. The molecule has 5 heteroatoms. The van der Waals surface area contributed by atoms with Crippen LogP contribution in [0.25, 0.3) is 22.0 Å². The van der Waals surface area contributed by atoms with Gasteiger partial charge in [0.15, 0.2) is 0 Å². The van der Waals surface area contributed by atoms with Crippen LogP contribution in [-0.4, -0.2) is 58.4 Å². The molecule has 2 aromatic carbocycles. The third kappa shape index (κ3) is 5.06. The molecule has 0 spiro atoms. The lowest BCUT2D eigenvalue weighted by molar-refractivity contribution is 0.0179. The number of aliphatic hydroxyl groups excluding tert-OH is 1. The topological polar surface area (TPSA) is 59.8 Å². The number of pyridine rings is 1. The van der Waals surface area contributed by atoms with E-state index in [1.807, 2.05) is 24.3 Å². The summed E-state index contributed by atoms with van der Waals surface area (Å²) in [7, 11) is 0. The summed E-state index contributed by atoms with van der Waals surface area (Å²) in [5, 5.41) is 22.8. The average molecular weight is 420 g/mol.